The largest absolute Gasteiger partial charge is 0.416 e. The van der Waals surface area contributed by atoms with E-state index in [1.54, 1.807) is 6.07 Å². The summed E-state index contributed by atoms with van der Waals surface area (Å²) < 4.78 is 37.9. The highest BCUT2D eigenvalue weighted by Gasteiger charge is 2.31. The molecule has 0 bridgehead atoms. The monoisotopic (exact) mass is 257 g/mol. The highest BCUT2D eigenvalue weighted by Crippen LogP contribution is 2.35. The van der Waals surface area contributed by atoms with Gasteiger partial charge in [-0.15, -0.1) is 0 Å². The van der Waals surface area contributed by atoms with Gasteiger partial charge in [-0.25, -0.2) is 0 Å². The van der Waals surface area contributed by atoms with Crippen LogP contribution >= 0.6 is 0 Å². The molecule has 2 N–H and O–H groups in total. The van der Waals surface area contributed by atoms with Gasteiger partial charge in [0.25, 0.3) is 0 Å². The second kappa shape index (κ2) is 5.31. The third-order valence-corrected chi connectivity index (χ3v) is 3.76. The zero-order valence-electron chi connectivity index (χ0n) is 10.2. The quantitative estimate of drug-likeness (QED) is 0.840. The van der Waals surface area contributed by atoms with Gasteiger partial charge in [0.05, 0.1) is 5.56 Å². The molecule has 0 unspecified atom stereocenters. The van der Waals surface area contributed by atoms with Crippen molar-refractivity contribution in [3.63, 3.8) is 0 Å². The van der Waals surface area contributed by atoms with Crippen LogP contribution in [0.4, 0.5) is 13.2 Å². The van der Waals surface area contributed by atoms with Gasteiger partial charge in [0.1, 0.15) is 0 Å². The fourth-order valence-electron chi connectivity index (χ4n) is 2.69. The summed E-state index contributed by atoms with van der Waals surface area (Å²) in [4.78, 5) is 0. The summed E-state index contributed by atoms with van der Waals surface area (Å²) in [6.45, 7) is 0. The number of nitrogens with two attached hydrogens (primary N) is 1. The molecule has 2 rings (SSSR count). The van der Waals surface area contributed by atoms with Crippen LogP contribution in [0.15, 0.2) is 24.3 Å². The Hall–Kier alpha value is -1.03. The van der Waals surface area contributed by atoms with Crippen LogP contribution in [-0.2, 0) is 6.18 Å². The Bertz CT molecular complexity index is 394. The van der Waals surface area contributed by atoms with E-state index in [0.29, 0.717) is 11.5 Å². The second-order valence-corrected chi connectivity index (χ2v) is 5.05. The van der Waals surface area contributed by atoms with Crippen LogP contribution in [-0.4, -0.2) is 0 Å². The van der Waals surface area contributed by atoms with Crippen molar-refractivity contribution < 1.29 is 13.2 Å². The lowest BCUT2D eigenvalue weighted by molar-refractivity contribution is -0.137. The molecule has 0 aliphatic heterocycles. The first-order valence-corrected chi connectivity index (χ1v) is 6.41. The number of alkyl halides is 3. The van der Waals surface area contributed by atoms with E-state index in [9.17, 15) is 13.2 Å². The van der Waals surface area contributed by atoms with Crippen LogP contribution in [0.2, 0.25) is 0 Å². The van der Waals surface area contributed by atoms with Crippen molar-refractivity contribution in [3.05, 3.63) is 35.4 Å². The molecule has 1 nitrogen and oxygen atoms in total. The first-order chi connectivity index (χ1) is 8.48. The third-order valence-electron chi connectivity index (χ3n) is 3.76. The summed E-state index contributed by atoms with van der Waals surface area (Å²) in [5.74, 6) is 0.322. The van der Waals surface area contributed by atoms with Crippen molar-refractivity contribution in [3.8, 4) is 0 Å². The van der Waals surface area contributed by atoms with Gasteiger partial charge in [-0.05, 0) is 36.5 Å². The number of benzene rings is 1. The average Bonchev–Trinajstić information content (AvgIpc) is 2.38. The van der Waals surface area contributed by atoms with Crippen LogP contribution in [0.3, 0.4) is 0 Å². The lowest BCUT2D eigenvalue weighted by Gasteiger charge is -2.28. The normalized spacial score (nSPS) is 19.8. The summed E-state index contributed by atoms with van der Waals surface area (Å²) >= 11 is 0. The second-order valence-electron chi connectivity index (χ2n) is 5.05. The minimum atomic E-state index is -4.29. The van der Waals surface area contributed by atoms with Gasteiger partial charge in [-0.1, -0.05) is 31.4 Å². The van der Waals surface area contributed by atoms with E-state index in [0.717, 1.165) is 31.7 Å². The summed E-state index contributed by atoms with van der Waals surface area (Å²) in [6.07, 6.45) is 1.25. The van der Waals surface area contributed by atoms with E-state index in [1.807, 2.05) is 0 Å². The van der Waals surface area contributed by atoms with Crippen LogP contribution in [0.1, 0.15) is 49.3 Å². The van der Waals surface area contributed by atoms with Crippen LogP contribution < -0.4 is 5.73 Å². The van der Waals surface area contributed by atoms with E-state index in [2.05, 4.69) is 0 Å². The Kier molecular flexibility index (Phi) is 3.95. The Morgan fingerprint density at radius 1 is 1.11 bits per heavy atom. The Balaban J connectivity index is 2.17. The minimum Gasteiger partial charge on any atom is -0.324 e. The van der Waals surface area contributed by atoms with E-state index >= 15 is 0 Å². The van der Waals surface area contributed by atoms with Gasteiger partial charge in [0, 0.05) is 6.04 Å². The van der Waals surface area contributed by atoms with Crippen molar-refractivity contribution in [2.75, 3.05) is 0 Å². The topological polar surface area (TPSA) is 26.0 Å². The van der Waals surface area contributed by atoms with E-state index in [-0.39, 0.29) is 6.04 Å². The van der Waals surface area contributed by atoms with E-state index in [1.165, 1.54) is 18.6 Å². The molecule has 4 heteroatoms. The van der Waals surface area contributed by atoms with Crippen molar-refractivity contribution in [1.82, 2.24) is 0 Å². The molecule has 0 heterocycles. The Labute approximate surface area is 105 Å². The first-order valence-electron chi connectivity index (χ1n) is 6.41. The minimum absolute atomic E-state index is 0.271. The SMILES string of the molecule is N[C@@H](c1cccc(C(F)(F)F)c1)C1CCCCC1. The molecule has 0 spiro atoms. The molecule has 0 aromatic heterocycles. The fraction of sp³-hybridized carbons (Fsp3) is 0.571. The molecular weight excluding hydrogens is 239 g/mol. The standard InChI is InChI=1S/C14H18F3N/c15-14(16,17)12-8-4-7-11(9-12)13(18)10-5-2-1-3-6-10/h4,7-10,13H,1-3,5-6,18H2/t13-/m1/s1. The average molecular weight is 257 g/mol. The number of hydrogen-bond acceptors (Lipinski definition) is 1. The van der Waals surface area contributed by atoms with Crippen molar-refractivity contribution in [2.45, 2.75) is 44.3 Å². The number of rotatable bonds is 2. The number of halogens is 3. The molecule has 0 amide bonds. The molecule has 100 valence electrons. The molecule has 18 heavy (non-hydrogen) atoms. The molecule has 1 saturated carbocycles. The van der Waals surface area contributed by atoms with Crippen molar-refractivity contribution in [2.24, 2.45) is 11.7 Å². The smallest absolute Gasteiger partial charge is 0.324 e. The molecule has 1 fully saturated rings. The zero-order valence-corrected chi connectivity index (χ0v) is 10.2. The lowest BCUT2D eigenvalue weighted by Crippen LogP contribution is -2.24. The molecule has 1 aliphatic rings. The molecule has 1 atom stereocenters. The Morgan fingerprint density at radius 2 is 1.78 bits per heavy atom. The fourth-order valence-corrected chi connectivity index (χ4v) is 2.69. The maximum Gasteiger partial charge on any atom is 0.416 e. The van der Waals surface area contributed by atoms with Crippen molar-refractivity contribution in [1.29, 1.82) is 0 Å². The molecule has 1 aromatic rings. The molecule has 0 radical (unpaired) electrons. The zero-order chi connectivity index (χ0) is 13.2. The third kappa shape index (κ3) is 3.05. The number of hydrogen-bond donors (Lipinski definition) is 1. The van der Waals surface area contributed by atoms with Gasteiger partial charge in [-0.3, -0.25) is 0 Å². The molecular formula is C14H18F3N. The van der Waals surface area contributed by atoms with Crippen molar-refractivity contribution >= 4 is 0 Å². The maximum atomic E-state index is 12.6. The van der Waals surface area contributed by atoms with Gasteiger partial charge >= 0.3 is 6.18 Å². The lowest BCUT2D eigenvalue weighted by atomic mass is 9.81. The highest BCUT2D eigenvalue weighted by atomic mass is 19.4. The summed E-state index contributed by atoms with van der Waals surface area (Å²) in [5.41, 5.74) is 6.12. The summed E-state index contributed by atoms with van der Waals surface area (Å²) in [5, 5.41) is 0. The summed E-state index contributed by atoms with van der Waals surface area (Å²) in [7, 11) is 0. The Morgan fingerprint density at radius 3 is 2.39 bits per heavy atom. The van der Waals surface area contributed by atoms with Gasteiger partial charge < -0.3 is 5.73 Å². The predicted molar refractivity (Wildman–Crippen MR) is 64.9 cm³/mol. The van der Waals surface area contributed by atoms with Crippen LogP contribution in [0, 0.1) is 5.92 Å². The van der Waals surface area contributed by atoms with Crippen LogP contribution in [0.5, 0.6) is 0 Å². The van der Waals surface area contributed by atoms with Gasteiger partial charge in [-0.2, -0.15) is 13.2 Å². The summed E-state index contributed by atoms with van der Waals surface area (Å²) in [6, 6.07) is 5.17. The van der Waals surface area contributed by atoms with Gasteiger partial charge in [0.15, 0.2) is 0 Å². The van der Waals surface area contributed by atoms with E-state index < -0.39 is 11.7 Å². The predicted octanol–water partition coefficient (Wildman–Crippen LogP) is 4.29. The molecule has 1 aromatic carbocycles. The van der Waals surface area contributed by atoms with E-state index in [4.69, 9.17) is 5.73 Å². The first kappa shape index (κ1) is 13.4. The van der Waals surface area contributed by atoms with Gasteiger partial charge in [0.2, 0.25) is 0 Å². The molecule has 0 saturated heterocycles. The molecule has 1 aliphatic carbocycles. The highest BCUT2D eigenvalue weighted by molar-refractivity contribution is 5.28. The maximum absolute atomic E-state index is 12.6. The van der Waals surface area contributed by atoms with Crippen LogP contribution in [0.25, 0.3) is 0 Å².